The van der Waals surface area contributed by atoms with E-state index < -0.39 is 12.0 Å². The highest BCUT2D eigenvalue weighted by Gasteiger charge is 2.27. The molecule has 96 valence electrons. The van der Waals surface area contributed by atoms with E-state index in [4.69, 9.17) is 15.2 Å². The lowest BCUT2D eigenvalue weighted by Gasteiger charge is -2.23. The average molecular weight is 322 g/mol. The van der Waals surface area contributed by atoms with E-state index in [0.717, 1.165) is 10.0 Å². The summed E-state index contributed by atoms with van der Waals surface area (Å²) >= 11 is 5.04. The molecule has 1 rings (SSSR count). The predicted octanol–water partition coefficient (Wildman–Crippen LogP) is 1.96. The van der Waals surface area contributed by atoms with E-state index in [1.165, 1.54) is 0 Å². The van der Waals surface area contributed by atoms with E-state index in [2.05, 4.69) is 15.9 Å². The van der Waals surface area contributed by atoms with Crippen LogP contribution in [0.2, 0.25) is 0 Å². The normalized spacial score (nSPS) is 14.5. The fourth-order valence-corrected chi connectivity index (χ4v) is 3.01. The lowest BCUT2D eigenvalue weighted by molar-refractivity contribution is -0.138. The molecule has 6 heteroatoms. The van der Waals surface area contributed by atoms with Crippen LogP contribution in [-0.2, 0) is 20.7 Å². The first-order chi connectivity index (χ1) is 8.10. The molecule has 0 radical (unpaired) electrons. The van der Waals surface area contributed by atoms with Gasteiger partial charge in [-0.3, -0.25) is 4.79 Å². The van der Waals surface area contributed by atoms with Gasteiger partial charge in [0, 0.05) is 30.0 Å². The molecular formula is C11H16BrNO3S. The van der Waals surface area contributed by atoms with Gasteiger partial charge >= 0.3 is 0 Å². The third-order valence-electron chi connectivity index (χ3n) is 2.38. The van der Waals surface area contributed by atoms with Crippen LogP contribution in [0.1, 0.15) is 12.5 Å². The second-order valence-corrected chi connectivity index (χ2v) is 5.10. The molecular weight excluding hydrogens is 306 g/mol. The van der Waals surface area contributed by atoms with Crippen molar-refractivity contribution in [2.24, 2.45) is 5.73 Å². The number of nitrogens with two attached hydrogens (primary N) is 1. The Bertz CT molecular complexity index is 369. The summed E-state index contributed by atoms with van der Waals surface area (Å²) in [5.74, 6) is -0.495. The summed E-state index contributed by atoms with van der Waals surface area (Å²) in [5, 5.41) is 4.00. The SMILES string of the molecule is CCOC(C(N)=O)C(Cc1cscc1Br)OC. The van der Waals surface area contributed by atoms with Crippen LogP contribution in [0.3, 0.4) is 0 Å². The smallest absolute Gasteiger partial charge is 0.249 e. The molecule has 0 bridgehead atoms. The van der Waals surface area contributed by atoms with Gasteiger partial charge in [0.25, 0.3) is 0 Å². The summed E-state index contributed by atoms with van der Waals surface area (Å²) in [5.41, 5.74) is 6.40. The summed E-state index contributed by atoms with van der Waals surface area (Å²) in [6, 6.07) is 0. The van der Waals surface area contributed by atoms with E-state index in [1.54, 1.807) is 18.4 Å². The molecule has 2 N–H and O–H groups in total. The maximum atomic E-state index is 11.3. The van der Waals surface area contributed by atoms with Crippen LogP contribution in [-0.4, -0.2) is 31.8 Å². The maximum Gasteiger partial charge on any atom is 0.249 e. The van der Waals surface area contributed by atoms with Crippen LogP contribution in [0.25, 0.3) is 0 Å². The number of methoxy groups -OCH3 is 1. The first kappa shape index (κ1) is 14.6. The first-order valence-corrected chi connectivity index (χ1v) is 6.98. The number of hydrogen-bond donors (Lipinski definition) is 1. The minimum absolute atomic E-state index is 0.363. The van der Waals surface area contributed by atoms with Crippen LogP contribution < -0.4 is 5.73 Å². The zero-order valence-corrected chi connectivity index (χ0v) is 12.2. The second kappa shape index (κ2) is 7.10. The monoisotopic (exact) mass is 321 g/mol. The molecule has 1 aromatic heterocycles. The van der Waals surface area contributed by atoms with E-state index in [9.17, 15) is 4.79 Å². The molecule has 0 spiro atoms. The van der Waals surface area contributed by atoms with E-state index in [1.807, 2.05) is 17.7 Å². The van der Waals surface area contributed by atoms with Crippen molar-refractivity contribution >= 4 is 33.2 Å². The largest absolute Gasteiger partial charge is 0.378 e. The Kier molecular flexibility index (Phi) is 6.11. The van der Waals surface area contributed by atoms with Crippen LogP contribution in [0.4, 0.5) is 0 Å². The number of ether oxygens (including phenoxy) is 2. The zero-order chi connectivity index (χ0) is 12.8. The minimum atomic E-state index is -0.711. The Morgan fingerprint density at radius 2 is 2.29 bits per heavy atom. The molecule has 1 aromatic rings. The van der Waals surface area contributed by atoms with Crippen molar-refractivity contribution < 1.29 is 14.3 Å². The molecule has 0 saturated carbocycles. The van der Waals surface area contributed by atoms with Crippen LogP contribution in [0, 0.1) is 0 Å². The molecule has 0 saturated heterocycles. The quantitative estimate of drug-likeness (QED) is 0.835. The van der Waals surface area contributed by atoms with Crippen molar-refractivity contribution in [3.63, 3.8) is 0 Å². The van der Waals surface area contributed by atoms with Gasteiger partial charge in [0.05, 0.1) is 6.10 Å². The summed E-state index contributed by atoms with van der Waals surface area (Å²) in [7, 11) is 1.56. The fraction of sp³-hybridized carbons (Fsp3) is 0.545. The topological polar surface area (TPSA) is 61.5 Å². The van der Waals surface area contributed by atoms with Crippen LogP contribution >= 0.6 is 27.3 Å². The average Bonchev–Trinajstić information content (AvgIpc) is 2.69. The van der Waals surface area contributed by atoms with Gasteiger partial charge in [0.15, 0.2) is 6.10 Å². The van der Waals surface area contributed by atoms with Crippen molar-refractivity contribution in [2.45, 2.75) is 25.6 Å². The highest BCUT2D eigenvalue weighted by Crippen LogP contribution is 2.24. The number of thiophene rings is 1. The number of carbonyl (C=O) groups is 1. The number of rotatable bonds is 7. The van der Waals surface area contributed by atoms with Crippen LogP contribution in [0.5, 0.6) is 0 Å². The Balaban J connectivity index is 2.75. The lowest BCUT2D eigenvalue weighted by atomic mass is 10.1. The summed E-state index contributed by atoms with van der Waals surface area (Å²) in [6.45, 7) is 2.25. The number of halogens is 1. The first-order valence-electron chi connectivity index (χ1n) is 5.24. The predicted molar refractivity (Wildman–Crippen MR) is 71.1 cm³/mol. The summed E-state index contributed by atoms with van der Waals surface area (Å²) in [4.78, 5) is 11.3. The van der Waals surface area contributed by atoms with Gasteiger partial charge in [-0.1, -0.05) is 0 Å². The molecule has 0 fully saturated rings. The molecule has 0 aliphatic carbocycles. The molecule has 0 aliphatic heterocycles. The Labute approximate surface area is 113 Å². The van der Waals surface area contributed by atoms with E-state index in [0.29, 0.717) is 13.0 Å². The zero-order valence-electron chi connectivity index (χ0n) is 9.81. The molecule has 17 heavy (non-hydrogen) atoms. The summed E-state index contributed by atoms with van der Waals surface area (Å²) < 4.78 is 11.7. The molecule has 1 amide bonds. The third kappa shape index (κ3) is 4.06. The van der Waals surface area contributed by atoms with Gasteiger partial charge in [-0.05, 0) is 33.8 Å². The van der Waals surface area contributed by atoms with Crippen molar-refractivity contribution in [1.29, 1.82) is 0 Å². The van der Waals surface area contributed by atoms with Gasteiger partial charge in [-0.2, -0.15) is 11.3 Å². The highest BCUT2D eigenvalue weighted by atomic mass is 79.9. The Hall–Kier alpha value is -0.430. The molecule has 1 heterocycles. The maximum absolute atomic E-state index is 11.3. The summed E-state index contributed by atoms with van der Waals surface area (Å²) in [6.07, 6.45) is -0.482. The van der Waals surface area contributed by atoms with E-state index in [-0.39, 0.29) is 6.10 Å². The van der Waals surface area contributed by atoms with Gasteiger partial charge in [0.1, 0.15) is 0 Å². The molecule has 4 nitrogen and oxygen atoms in total. The van der Waals surface area contributed by atoms with Gasteiger partial charge in [-0.25, -0.2) is 0 Å². The van der Waals surface area contributed by atoms with Gasteiger partial charge in [0.2, 0.25) is 5.91 Å². The van der Waals surface area contributed by atoms with Gasteiger partial charge < -0.3 is 15.2 Å². The third-order valence-corrected chi connectivity index (χ3v) is 4.21. The number of primary amides is 1. The van der Waals surface area contributed by atoms with Crippen molar-refractivity contribution in [3.05, 3.63) is 20.8 Å². The van der Waals surface area contributed by atoms with Crippen molar-refractivity contribution in [1.82, 2.24) is 0 Å². The number of hydrogen-bond acceptors (Lipinski definition) is 4. The Morgan fingerprint density at radius 1 is 1.59 bits per heavy atom. The number of amides is 1. The second-order valence-electron chi connectivity index (χ2n) is 3.50. The van der Waals surface area contributed by atoms with Gasteiger partial charge in [-0.15, -0.1) is 0 Å². The lowest BCUT2D eigenvalue weighted by Crippen LogP contribution is -2.43. The van der Waals surface area contributed by atoms with Crippen LogP contribution in [0.15, 0.2) is 15.2 Å². The molecule has 2 atom stereocenters. The molecule has 0 aromatic carbocycles. The molecule has 2 unspecified atom stereocenters. The van der Waals surface area contributed by atoms with Crippen molar-refractivity contribution in [2.75, 3.05) is 13.7 Å². The fourth-order valence-electron chi connectivity index (χ4n) is 1.54. The van der Waals surface area contributed by atoms with Crippen molar-refractivity contribution in [3.8, 4) is 0 Å². The van der Waals surface area contributed by atoms with E-state index >= 15 is 0 Å². The Morgan fingerprint density at radius 3 is 2.71 bits per heavy atom. The highest BCUT2D eigenvalue weighted by molar-refractivity contribution is 9.10. The molecule has 0 aliphatic rings. The minimum Gasteiger partial charge on any atom is -0.378 e. The standard InChI is InChI=1S/C11H16BrNO3S/c1-3-16-10(11(13)14)9(15-2)4-7-5-17-6-8(7)12/h5-6,9-10H,3-4H2,1-2H3,(H2,13,14). The number of carbonyl (C=O) groups excluding carboxylic acids is 1.